The fourth-order valence-corrected chi connectivity index (χ4v) is 3.46. The minimum Gasteiger partial charge on any atom is -0.345 e. The SMILES string of the molecule is CN1CC[C@@]2(CN(Cc3cn[nH]c3)CC(F)(F)C2)C1=O. The smallest absolute Gasteiger partial charge is 0.261 e. The van der Waals surface area contributed by atoms with E-state index in [2.05, 4.69) is 10.2 Å². The zero-order chi connectivity index (χ0) is 14.4. The van der Waals surface area contributed by atoms with Crippen LogP contribution < -0.4 is 0 Å². The molecule has 2 saturated heterocycles. The van der Waals surface area contributed by atoms with Crippen molar-refractivity contribution in [3.8, 4) is 0 Å². The Bertz CT molecular complexity index is 504. The van der Waals surface area contributed by atoms with Crippen LogP contribution >= 0.6 is 0 Å². The summed E-state index contributed by atoms with van der Waals surface area (Å²) in [7, 11) is 1.68. The first-order valence-corrected chi connectivity index (χ1v) is 6.74. The monoisotopic (exact) mass is 284 g/mol. The summed E-state index contributed by atoms with van der Waals surface area (Å²) < 4.78 is 28.1. The molecule has 2 fully saturated rings. The fourth-order valence-electron chi connectivity index (χ4n) is 3.46. The zero-order valence-corrected chi connectivity index (χ0v) is 11.4. The molecule has 2 aliphatic rings. The summed E-state index contributed by atoms with van der Waals surface area (Å²) in [6, 6.07) is 0. The van der Waals surface area contributed by atoms with Crippen molar-refractivity contribution in [3.63, 3.8) is 0 Å². The Morgan fingerprint density at radius 2 is 2.25 bits per heavy atom. The number of alkyl halides is 2. The third kappa shape index (κ3) is 2.30. The molecule has 3 heterocycles. The number of nitrogens with one attached hydrogen (secondary N) is 1. The van der Waals surface area contributed by atoms with Gasteiger partial charge in [0.1, 0.15) is 0 Å². The van der Waals surface area contributed by atoms with Gasteiger partial charge in [-0.1, -0.05) is 0 Å². The van der Waals surface area contributed by atoms with Crippen LogP contribution in [0.4, 0.5) is 8.78 Å². The van der Waals surface area contributed by atoms with Crippen LogP contribution in [0.25, 0.3) is 0 Å². The summed E-state index contributed by atoms with van der Waals surface area (Å²) in [5.41, 5.74) is -0.0584. The average Bonchev–Trinajstić information content (AvgIpc) is 2.93. The van der Waals surface area contributed by atoms with E-state index in [0.29, 0.717) is 26.1 Å². The van der Waals surface area contributed by atoms with Gasteiger partial charge in [-0.15, -0.1) is 0 Å². The third-order valence-corrected chi connectivity index (χ3v) is 4.27. The summed E-state index contributed by atoms with van der Waals surface area (Å²) in [6.45, 7) is 1.06. The van der Waals surface area contributed by atoms with E-state index >= 15 is 0 Å². The minimum absolute atomic E-state index is 0.144. The molecule has 0 bridgehead atoms. The van der Waals surface area contributed by atoms with Gasteiger partial charge in [0.15, 0.2) is 0 Å². The number of carbonyl (C=O) groups is 1. The number of nitrogens with zero attached hydrogens (tertiary/aromatic N) is 3. The largest absolute Gasteiger partial charge is 0.345 e. The van der Waals surface area contributed by atoms with Crippen molar-refractivity contribution in [2.75, 3.05) is 26.7 Å². The minimum atomic E-state index is -2.82. The van der Waals surface area contributed by atoms with Crippen LogP contribution in [-0.4, -0.2) is 58.5 Å². The summed E-state index contributed by atoms with van der Waals surface area (Å²) in [4.78, 5) is 15.5. The highest BCUT2D eigenvalue weighted by Crippen LogP contribution is 2.45. The standard InChI is InChI=1S/C13H18F2N4O/c1-18-3-2-12(11(18)20)7-13(14,15)9-19(8-12)6-10-4-16-17-5-10/h4-5H,2-3,6-9H2,1H3,(H,16,17)/t12-/m1/s1. The average molecular weight is 284 g/mol. The normalized spacial score (nSPS) is 30.4. The highest BCUT2D eigenvalue weighted by Gasteiger charge is 2.56. The maximum atomic E-state index is 14.0. The molecule has 0 unspecified atom stereocenters. The van der Waals surface area contributed by atoms with Crippen molar-refractivity contribution in [3.05, 3.63) is 18.0 Å². The van der Waals surface area contributed by atoms with Crippen LogP contribution in [-0.2, 0) is 11.3 Å². The predicted octanol–water partition coefficient (Wildman–Crippen LogP) is 1.10. The lowest BCUT2D eigenvalue weighted by atomic mass is 9.77. The summed E-state index contributed by atoms with van der Waals surface area (Å²) in [5.74, 6) is -2.96. The molecule has 1 N–H and O–H groups in total. The second kappa shape index (κ2) is 4.51. The number of halogens is 2. The van der Waals surface area contributed by atoms with Gasteiger partial charge < -0.3 is 4.90 Å². The van der Waals surface area contributed by atoms with Crippen molar-refractivity contribution >= 4 is 5.91 Å². The zero-order valence-electron chi connectivity index (χ0n) is 11.4. The molecular formula is C13H18F2N4O. The van der Waals surface area contributed by atoms with Gasteiger partial charge in [-0.3, -0.25) is 14.8 Å². The first kappa shape index (κ1) is 13.5. The lowest BCUT2D eigenvalue weighted by Crippen LogP contribution is -2.54. The quantitative estimate of drug-likeness (QED) is 0.885. The van der Waals surface area contributed by atoms with Crippen LogP contribution in [0.5, 0.6) is 0 Å². The Kier molecular flexibility index (Phi) is 3.04. The Labute approximate surface area is 115 Å². The van der Waals surface area contributed by atoms with Gasteiger partial charge in [0.25, 0.3) is 5.92 Å². The van der Waals surface area contributed by atoms with Crippen molar-refractivity contribution in [2.45, 2.75) is 25.3 Å². The van der Waals surface area contributed by atoms with E-state index in [1.54, 1.807) is 29.2 Å². The lowest BCUT2D eigenvalue weighted by Gasteiger charge is -2.42. The maximum absolute atomic E-state index is 14.0. The van der Waals surface area contributed by atoms with E-state index in [-0.39, 0.29) is 18.9 Å². The van der Waals surface area contributed by atoms with Gasteiger partial charge in [0.05, 0.1) is 18.2 Å². The van der Waals surface area contributed by atoms with E-state index in [1.807, 2.05) is 0 Å². The molecule has 1 atom stereocenters. The number of hydrogen-bond acceptors (Lipinski definition) is 3. The van der Waals surface area contributed by atoms with Crippen LogP contribution in [0.3, 0.4) is 0 Å². The van der Waals surface area contributed by atoms with Crippen molar-refractivity contribution in [1.29, 1.82) is 0 Å². The molecule has 3 rings (SSSR count). The van der Waals surface area contributed by atoms with Crippen LogP contribution in [0, 0.1) is 5.41 Å². The predicted molar refractivity (Wildman–Crippen MR) is 68.1 cm³/mol. The van der Waals surface area contributed by atoms with Crippen LogP contribution in [0.1, 0.15) is 18.4 Å². The van der Waals surface area contributed by atoms with Gasteiger partial charge in [0.2, 0.25) is 5.91 Å². The molecule has 1 aromatic heterocycles. The molecular weight excluding hydrogens is 266 g/mol. The van der Waals surface area contributed by atoms with Gasteiger partial charge in [-0.25, -0.2) is 8.78 Å². The second-order valence-electron chi connectivity index (χ2n) is 6.04. The second-order valence-corrected chi connectivity index (χ2v) is 6.04. The van der Waals surface area contributed by atoms with Crippen molar-refractivity contribution in [1.82, 2.24) is 20.0 Å². The Morgan fingerprint density at radius 3 is 2.85 bits per heavy atom. The number of aromatic nitrogens is 2. The van der Waals surface area contributed by atoms with Crippen LogP contribution in [0.15, 0.2) is 12.4 Å². The summed E-state index contributed by atoms with van der Waals surface area (Å²) in [5, 5.41) is 6.50. The molecule has 20 heavy (non-hydrogen) atoms. The molecule has 1 aromatic rings. The van der Waals surface area contributed by atoms with E-state index in [4.69, 9.17) is 0 Å². The van der Waals surface area contributed by atoms with Crippen molar-refractivity contribution in [2.24, 2.45) is 5.41 Å². The number of carbonyl (C=O) groups excluding carboxylic acids is 1. The van der Waals surface area contributed by atoms with Gasteiger partial charge >= 0.3 is 0 Å². The van der Waals surface area contributed by atoms with E-state index in [9.17, 15) is 13.6 Å². The Balaban J connectivity index is 1.81. The number of amides is 1. The summed E-state index contributed by atoms with van der Waals surface area (Å²) >= 11 is 0. The number of likely N-dealkylation sites (tertiary alicyclic amines) is 2. The molecule has 110 valence electrons. The Morgan fingerprint density at radius 1 is 1.45 bits per heavy atom. The summed E-state index contributed by atoms with van der Waals surface area (Å²) in [6.07, 6.45) is 3.51. The Hall–Kier alpha value is -1.50. The number of H-pyrrole nitrogens is 1. The van der Waals surface area contributed by atoms with Crippen LogP contribution in [0.2, 0.25) is 0 Å². The highest BCUT2D eigenvalue weighted by molar-refractivity contribution is 5.85. The van der Waals surface area contributed by atoms with E-state index in [0.717, 1.165) is 5.56 Å². The van der Waals surface area contributed by atoms with Crippen molar-refractivity contribution < 1.29 is 13.6 Å². The first-order chi connectivity index (χ1) is 9.40. The molecule has 0 aromatic carbocycles. The molecule has 0 aliphatic carbocycles. The molecule has 5 nitrogen and oxygen atoms in total. The number of piperidine rings is 1. The molecule has 0 radical (unpaired) electrons. The molecule has 1 spiro atoms. The molecule has 2 aliphatic heterocycles. The molecule has 0 saturated carbocycles. The number of rotatable bonds is 2. The van der Waals surface area contributed by atoms with Gasteiger partial charge in [-0.2, -0.15) is 5.10 Å². The third-order valence-electron chi connectivity index (χ3n) is 4.27. The molecule has 1 amide bonds. The van der Waals surface area contributed by atoms with Gasteiger partial charge in [-0.05, 0) is 6.42 Å². The fraction of sp³-hybridized carbons (Fsp3) is 0.692. The number of aromatic amines is 1. The van der Waals surface area contributed by atoms with Gasteiger partial charge in [0, 0.05) is 44.9 Å². The lowest BCUT2D eigenvalue weighted by molar-refractivity contribution is -0.154. The molecule has 7 heteroatoms. The van der Waals surface area contributed by atoms with E-state index in [1.165, 1.54) is 0 Å². The first-order valence-electron chi connectivity index (χ1n) is 6.74. The topological polar surface area (TPSA) is 52.2 Å². The highest BCUT2D eigenvalue weighted by atomic mass is 19.3. The number of hydrogen-bond donors (Lipinski definition) is 1. The maximum Gasteiger partial charge on any atom is 0.261 e. The van der Waals surface area contributed by atoms with E-state index < -0.39 is 11.3 Å².